The molecule has 1 fully saturated rings. The number of halogens is 7. The molecule has 0 bridgehead atoms. The fraction of sp³-hybridized carbons (Fsp3) is 0.366. The van der Waals surface area contributed by atoms with Gasteiger partial charge in [-0.2, -0.15) is 31.4 Å². The van der Waals surface area contributed by atoms with E-state index in [0.717, 1.165) is 74.3 Å². The van der Waals surface area contributed by atoms with Gasteiger partial charge in [-0.15, -0.1) is 11.3 Å². The average Bonchev–Trinajstić information content (AvgIpc) is 3.98. The van der Waals surface area contributed by atoms with Crippen molar-refractivity contribution >= 4 is 54.8 Å². The zero-order chi connectivity index (χ0) is 45.3. The van der Waals surface area contributed by atoms with Gasteiger partial charge in [-0.05, 0) is 62.4 Å². The largest absolute Gasteiger partial charge is 0.501 e. The van der Waals surface area contributed by atoms with Gasteiger partial charge in [0.2, 0.25) is 5.88 Å². The van der Waals surface area contributed by atoms with Crippen LogP contribution in [-0.2, 0) is 27.4 Å². The van der Waals surface area contributed by atoms with Gasteiger partial charge in [0.05, 0.1) is 38.6 Å². The molecule has 22 heteroatoms. The third kappa shape index (κ3) is 9.95. The Kier molecular flexibility index (Phi) is 13.4. The number of thiophene rings is 1. The van der Waals surface area contributed by atoms with Crippen molar-refractivity contribution in [3.05, 3.63) is 95.0 Å². The topological polar surface area (TPSA) is 117 Å². The molecule has 4 radical (unpaired) electrons. The number of rotatable bonds is 16. The Hall–Kier alpha value is -5.24. The lowest BCUT2D eigenvalue weighted by atomic mass is 9.63. The number of likely N-dealkylation sites (N-methyl/N-ethyl adjacent to an activating group) is 1. The summed E-state index contributed by atoms with van der Waals surface area (Å²) in [6.45, 7) is 5.84. The molecule has 5 heterocycles. The number of esters is 1. The summed E-state index contributed by atoms with van der Waals surface area (Å²) in [5.41, 5.74) is -0.339. The van der Waals surface area contributed by atoms with Crippen LogP contribution >= 0.6 is 22.9 Å². The second-order valence-corrected chi connectivity index (χ2v) is 15.9. The van der Waals surface area contributed by atoms with Crippen LogP contribution in [0.2, 0.25) is 5.02 Å². The lowest BCUT2D eigenvalue weighted by Gasteiger charge is -2.32. The molecule has 0 unspecified atom stereocenters. The normalized spacial score (nSPS) is 14.8. The van der Waals surface area contributed by atoms with Crippen molar-refractivity contribution in [2.24, 2.45) is 0 Å². The van der Waals surface area contributed by atoms with Crippen LogP contribution < -0.4 is 14.2 Å². The standard InChI is InChI=1S/C41H37B2ClF6N6O6S/c1-4-58-38(57)35(40(49,50)25-7-5-6-8-26(25)62-41(42,43)29-13-14-53-56(29)21-39(46,47)48)61-36-32-31(34(28-11-12-30(45)60-28)63-37(32)52-22-51-36)24-9-10-27(33(44)23(24)2)59-20-19-55-17-15-54(3)16-18-55/h5-14,22,35H,4,15-21H2,1-3H3/t35-/m0/s1. The van der Waals surface area contributed by atoms with Gasteiger partial charge < -0.3 is 28.3 Å². The monoisotopic (exact) mass is 912 g/mol. The number of aromatic nitrogens is 4. The number of piperazine rings is 1. The Morgan fingerprint density at radius 1 is 1.00 bits per heavy atom. The predicted octanol–water partition coefficient (Wildman–Crippen LogP) is 7.73. The molecule has 63 heavy (non-hydrogen) atoms. The van der Waals surface area contributed by atoms with E-state index in [9.17, 15) is 22.4 Å². The van der Waals surface area contributed by atoms with Crippen molar-refractivity contribution in [2.45, 2.75) is 44.0 Å². The summed E-state index contributed by atoms with van der Waals surface area (Å²) in [6, 6.07) is 10.3. The number of para-hydroxylation sites is 1. The molecule has 6 aromatic rings. The fourth-order valence-electron chi connectivity index (χ4n) is 7.03. The first-order valence-electron chi connectivity index (χ1n) is 19.4. The van der Waals surface area contributed by atoms with Crippen molar-refractivity contribution in [1.29, 1.82) is 0 Å². The number of furan rings is 1. The summed E-state index contributed by atoms with van der Waals surface area (Å²) in [5.74, 6) is -6.66. The molecule has 0 saturated carbocycles. The van der Waals surface area contributed by atoms with E-state index >= 15 is 8.78 Å². The Morgan fingerprint density at radius 2 is 1.75 bits per heavy atom. The van der Waals surface area contributed by atoms with E-state index in [2.05, 4.69) is 31.9 Å². The van der Waals surface area contributed by atoms with Crippen molar-refractivity contribution in [1.82, 2.24) is 29.5 Å². The third-order valence-corrected chi connectivity index (χ3v) is 11.7. The van der Waals surface area contributed by atoms with E-state index < -0.39 is 65.0 Å². The molecular formula is C41H37B2ClF6N6O6S. The van der Waals surface area contributed by atoms with Gasteiger partial charge in [-0.3, -0.25) is 9.58 Å². The van der Waals surface area contributed by atoms with Crippen LogP contribution in [0.3, 0.4) is 0 Å². The number of fused-ring (bicyclic) bond motifs is 1. The fourth-order valence-corrected chi connectivity index (χ4v) is 8.36. The molecule has 1 atom stereocenters. The van der Waals surface area contributed by atoms with E-state index in [1.807, 2.05) is 0 Å². The van der Waals surface area contributed by atoms with Gasteiger partial charge in [-0.1, -0.05) is 29.8 Å². The summed E-state index contributed by atoms with van der Waals surface area (Å²) >= 11 is 7.94. The van der Waals surface area contributed by atoms with Crippen LogP contribution in [-0.4, -0.2) is 116 Å². The second kappa shape index (κ2) is 18.5. The smallest absolute Gasteiger partial charge is 0.408 e. The highest BCUT2D eigenvalue weighted by atomic mass is 35.5. The number of nitrogens with zero attached hydrogens (tertiary/aromatic N) is 6. The van der Waals surface area contributed by atoms with Crippen LogP contribution in [0.25, 0.3) is 32.0 Å². The zero-order valence-corrected chi connectivity index (χ0v) is 35.5. The molecule has 0 spiro atoms. The minimum Gasteiger partial charge on any atom is -0.501 e. The molecule has 1 saturated heterocycles. The van der Waals surface area contributed by atoms with Gasteiger partial charge >= 0.3 is 18.1 Å². The van der Waals surface area contributed by atoms with E-state index in [0.29, 0.717) is 39.6 Å². The molecule has 12 nitrogen and oxygen atoms in total. The van der Waals surface area contributed by atoms with Crippen LogP contribution in [0.4, 0.5) is 26.3 Å². The first-order valence-corrected chi connectivity index (χ1v) is 20.6. The number of carbonyl (C=O) groups excluding carboxylic acids is 1. The molecule has 0 amide bonds. The average molecular weight is 913 g/mol. The minimum absolute atomic E-state index is 0.0349. The molecule has 328 valence electrons. The van der Waals surface area contributed by atoms with Gasteiger partial charge in [0.1, 0.15) is 57.3 Å². The molecule has 0 aliphatic carbocycles. The highest BCUT2D eigenvalue weighted by Crippen LogP contribution is 2.51. The van der Waals surface area contributed by atoms with Crippen molar-refractivity contribution < 1.29 is 54.5 Å². The lowest BCUT2D eigenvalue weighted by Crippen LogP contribution is -2.45. The van der Waals surface area contributed by atoms with Crippen molar-refractivity contribution in [2.75, 3.05) is 53.0 Å². The third-order valence-electron chi connectivity index (χ3n) is 10.2. The molecule has 1 aliphatic rings. The summed E-state index contributed by atoms with van der Waals surface area (Å²) in [7, 11) is 14.3. The molecule has 0 N–H and O–H groups in total. The number of alkyl halides is 5. The minimum atomic E-state index is -4.75. The second-order valence-electron chi connectivity index (χ2n) is 14.6. The summed E-state index contributed by atoms with van der Waals surface area (Å²) in [6.07, 6.45) is -5.53. The quantitative estimate of drug-likeness (QED) is 0.0540. The molecular weight excluding hydrogens is 876 g/mol. The maximum Gasteiger partial charge on any atom is 0.408 e. The van der Waals surface area contributed by atoms with Crippen LogP contribution in [0.1, 0.15) is 23.7 Å². The van der Waals surface area contributed by atoms with E-state index in [1.54, 1.807) is 19.1 Å². The van der Waals surface area contributed by atoms with Gasteiger partial charge in [0.25, 0.3) is 12.1 Å². The number of ether oxygens (including phenoxy) is 4. The highest BCUT2D eigenvalue weighted by Gasteiger charge is 2.52. The van der Waals surface area contributed by atoms with Crippen molar-refractivity contribution in [3.63, 3.8) is 0 Å². The molecule has 1 aliphatic heterocycles. The Balaban J connectivity index is 1.28. The first kappa shape index (κ1) is 45.8. The zero-order valence-electron chi connectivity index (χ0n) is 33.9. The maximum absolute atomic E-state index is 17.2. The van der Waals surface area contributed by atoms with Crippen LogP contribution in [0.5, 0.6) is 17.4 Å². The van der Waals surface area contributed by atoms with Crippen molar-refractivity contribution in [3.8, 4) is 39.1 Å². The summed E-state index contributed by atoms with van der Waals surface area (Å²) in [5, 5.41) is 1.22. The van der Waals surface area contributed by atoms with E-state index in [4.69, 9.17) is 50.7 Å². The van der Waals surface area contributed by atoms with Gasteiger partial charge in [0.15, 0.2) is 0 Å². The molecule has 4 aromatic heterocycles. The first-order chi connectivity index (χ1) is 29.9. The Labute approximate surface area is 368 Å². The maximum atomic E-state index is 17.2. The Bertz CT molecular complexity index is 2580. The molecule has 7 rings (SSSR count). The summed E-state index contributed by atoms with van der Waals surface area (Å²) < 4.78 is 117. The highest BCUT2D eigenvalue weighted by molar-refractivity contribution is 7.22. The van der Waals surface area contributed by atoms with Crippen LogP contribution in [0, 0.1) is 12.9 Å². The van der Waals surface area contributed by atoms with Gasteiger partial charge in [0, 0.05) is 50.6 Å². The number of carbonyl (C=O) groups is 1. The SMILES string of the molecule is [B]C([B])(Oc1ccccc1C(F)(F)[C@@H](Oc1ncnc2sc(-c3ccc(F)o3)c(-c3ccc(OCCN4CCN(C)CC4)c(Cl)c3C)c12)C(=O)OCC)c1ccnn1CC(F)(F)F. The van der Waals surface area contributed by atoms with E-state index in [-0.39, 0.29) is 33.2 Å². The Morgan fingerprint density at radius 3 is 2.44 bits per heavy atom. The number of hydrogen-bond acceptors (Lipinski definition) is 12. The predicted molar refractivity (Wildman–Crippen MR) is 223 cm³/mol. The molecule has 2 aromatic carbocycles. The van der Waals surface area contributed by atoms with Crippen LogP contribution in [0.15, 0.2) is 71.5 Å². The number of hydrogen-bond donors (Lipinski definition) is 0. The summed E-state index contributed by atoms with van der Waals surface area (Å²) in [4.78, 5) is 27.2. The van der Waals surface area contributed by atoms with E-state index in [1.165, 1.54) is 25.1 Å². The van der Waals surface area contributed by atoms with Gasteiger partial charge in [-0.25, -0.2) is 14.8 Å². The number of benzene rings is 2. The lowest BCUT2D eigenvalue weighted by molar-refractivity contribution is -0.174.